The second-order valence-electron chi connectivity index (χ2n) is 5.19. The summed E-state index contributed by atoms with van der Waals surface area (Å²) >= 11 is 0. The van der Waals surface area contributed by atoms with Gasteiger partial charge in [-0.25, -0.2) is 9.59 Å². The van der Waals surface area contributed by atoms with Gasteiger partial charge in [-0.2, -0.15) is 0 Å². The first-order valence-corrected chi connectivity index (χ1v) is 6.56. The fourth-order valence-electron chi connectivity index (χ4n) is 2.07. The number of carboxylic acids is 1. The number of nitrogens with one attached hydrogen (secondary N) is 2. The standard InChI is InChI=1S/C12H23N3O4/c1-8(2)15-4-3-9(7-15)5-13-12(19)14-6-10(16)11(17)18/h8-10,16H,3-7H2,1-2H3,(H,17,18)(H2,13,14,19). The number of carbonyl (C=O) groups is 2. The van der Waals surface area contributed by atoms with E-state index in [-0.39, 0.29) is 6.54 Å². The van der Waals surface area contributed by atoms with Crippen LogP contribution in [0.1, 0.15) is 20.3 Å². The predicted molar refractivity (Wildman–Crippen MR) is 69.9 cm³/mol. The van der Waals surface area contributed by atoms with E-state index in [4.69, 9.17) is 10.2 Å². The molecule has 0 bridgehead atoms. The van der Waals surface area contributed by atoms with Crippen LogP contribution in [0.2, 0.25) is 0 Å². The number of carbonyl (C=O) groups excluding carboxylic acids is 1. The maximum absolute atomic E-state index is 11.4. The number of aliphatic hydroxyl groups excluding tert-OH is 1. The number of aliphatic carboxylic acids is 1. The summed E-state index contributed by atoms with van der Waals surface area (Å²) < 4.78 is 0. The Kier molecular flexibility index (Phi) is 6.04. The third-order valence-electron chi connectivity index (χ3n) is 3.34. The lowest BCUT2D eigenvalue weighted by atomic mass is 10.1. The molecule has 4 N–H and O–H groups in total. The van der Waals surface area contributed by atoms with Crippen molar-refractivity contribution >= 4 is 12.0 Å². The Morgan fingerprint density at radius 1 is 1.37 bits per heavy atom. The second kappa shape index (κ2) is 7.30. The van der Waals surface area contributed by atoms with Gasteiger partial charge in [-0.1, -0.05) is 0 Å². The zero-order chi connectivity index (χ0) is 14.4. The van der Waals surface area contributed by atoms with Crippen LogP contribution in [-0.2, 0) is 4.79 Å². The summed E-state index contributed by atoms with van der Waals surface area (Å²) in [5.74, 6) is -0.916. The van der Waals surface area contributed by atoms with Gasteiger partial charge in [0.2, 0.25) is 0 Å². The highest BCUT2D eigenvalue weighted by Gasteiger charge is 2.24. The molecule has 1 rings (SSSR count). The van der Waals surface area contributed by atoms with E-state index in [1.807, 2.05) is 0 Å². The molecule has 0 saturated carbocycles. The largest absolute Gasteiger partial charge is 0.479 e. The summed E-state index contributed by atoms with van der Waals surface area (Å²) in [6.07, 6.45) is -0.510. The van der Waals surface area contributed by atoms with E-state index in [1.165, 1.54) is 0 Å². The van der Waals surface area contributed by atoms with Crippen LogP contribution in [0.15, 0.2) is 0 Å². The Hall–Kier alpha value is -1.34. The summed E-state index contributed by atoms with van der Waals surface area (Å²) in [6.45, 7) is 6.59. The van der Waals surface area contributed by atoms with Gasteiger partial charge < -0.3 is 25.7 Å². The number of hydrogen-bond acceptors (Lipinski definition) is 4. The molecule has 0 aromatic rings. The van der Waals surface area contributed by atoms with Gasteiger partial charge in [0.1, 0.15) is 0 Å². The number of nitrogens with zero attached hydrogens (tertiary/aromatic N) is 1. The molecule has 0 spiro atoms. The Labute approximate surface area is 113 Å². The molecule has 0 aliphatic carbocycles. The lowest BCUT2D eigenvalue weighted by Gasteiger charge is -2.20. The summed E-state index contributed by atoms with van der Waals surface area (Å²) in [5.41, 5.74) is 0. The van der Waals surface area contributed by atoms with Crippen LogP contribution in [0.25, 0.3) is 0 Å². The van der Waals surface area contributed by atoms with Gasteiger partial charge in [-0.15, -0.1) is 0 Å². The van der Waals surface area contributed by atoms with Gasteiger partial charge in [-0.3, -0.25) is 0 Å². The van der Waals surface area contributed by atoms with Crippen molar-refractivity contribution in [2.24, 2.45) is 5.92 Å². The number of rotatable bonds is 6. The Morgan fingerprint density at radius 2 is 2.05 bits per heavy atom. The molecule has 2 atom stereocenters. The predicted octanol–water partition coefficient (Wildman–Crippen LogP) is -0.539. The van der Waals surface area contributed by atoms with Gasteiger partial charge >= 0.3 is 12.0 Å². The molecule has 1 aliphatic rings. The summed E-state index contributed by atoms with van der Waals surface area (Å²) in [5, 5.41) is 22.5. The zero-order valence-electron chi connectivity index (χ0n) is 11.4. The molecule has 2 amide bonds. The third-order valence-corrected chi connectivity index (χ3v) is 3.34. The molecule has 1 heterocycles. The number of likely N-dealkylation sites (tertiary alicyclic amines) is 1. The molecule has 1 fully saturated rings. The van der Waals surface area contributed by atoms with Crippen LogP contribution in [0, 0.1) is 5.92 Å². The zero-order valence-corrected chi connectivity index (χ0v) is 11.4. The van der Waals surface area contributed by atoms with E-state index in [2.05, 4.69) is 29.4 Å². The number of hydrogen-bond donors (Lipinski definition) is 4. The van der Waals surface area contributed by atoms with Crippen molar-refractivity contribution in [3.05, 3.63) is 0 Å². The van der Waals surface area contributed by atoms with Crippen molar-refractivity contribution in [1.82, 2.24) is 15.5 Å². The van der Waals surface area contributed by atoms with E-state index in [0.29, 0.717) is 18.5 Å². The highest BCUT2D eigenvalue weighted by molar-refractivity contribution is 5.76. The van der Waals surface area contributed by atoms with E-state index < -0.39 is 18.1 Å². The van der Waals surface area contributed by atoms with Crippen LogP contribution in [0.3, 0.4) is 0 Å². The summed E-state index contributed by atoms with van der Waals surface area (Å²) in [4.78, 5) is 24.1. The first kappa shape index (κ1) is 15.7. The molecule has 1 aliphatic heterocycles. The van der Waals surface area contributed by atoms with E-state index in [1.54, 1.807) is 0 Å². The molecule has 1 saturated heterocycles. The minimum Gasteiger partial charge on any atom is -0.479 e. The van der Waals surface area contributed by atoms with Crippen LogP contribution in [0.5, 0.6) is 0 Å². The smallest absolute Gasteiger partial charge is 0.334 e. The van der Waals surface area contributed by atoms with Crippen LogP contribution < -0.4 is 10.6 Å². The van der Waals surface area contributed by atoms with Gasteiger partial charge in [0.15, 0.2) is 6.10 Å². The summed E-state index contributed by atoms with van der Waals surface area (Å²) in [6, 6.07) is 0.0767. The Bertz CT molecular complexity index is 322. The average Bonchev–Trinajstić information content (AvgIpc) is 2.82. The van der Waals surface area contributed by atoms with Crippen LogP contribution in [0.4, 0.5) is 4.79 Å². The third kappa shape index (κ3) is 5.44. The first-order chi connectivity index (χ1) is 8.90. The number of carboxylic acid groups (broad SMARTS) is 1. The molecule has 7 nitrogen and oxygen atoms in total. The molecule has 0 aromatic heterocycles. The van der Waals surface area contributed by atoms with Crippen LogP contribution in [-0.4, -0.2) is 65.4 Å². The highest BCUT2D eigenvalue weighted by Crippen LogP contribution is 2.17. The van der Waals surface area contributed by atoms with Crippen molar-refractivity contribution in [2.45, 2.75) is 32.4 Å². The molecular formula is C12H23N3O4. The van der Waals surface area contributed by atoms with Crippen molar-refractivity contribution in [1.29, 1.82) is 0 Å². The fourth-order valence-corrected chi connectivity index (χ4v) is 2.07. The molecule has 2 unspecified atom stereocenters. The quantitative estimate of drug-likeness (QED) is 0.521. The van der Waals surface area contributed by atoms with Gasteiger partial charge in [-0.05, 0) is 32.7 Å². The number of aliphatic hydroxyl groups is 1. The Morgan fingerprint density at radius 3 is 2.58 bits per heavy atom. The van der Waals surface area contributed by atoms with Gasteiger partial charge in [0.25, 0.3) is 0 Å². The minimum absolute atomic E-state index is 0.288. The topological polar surface area (TPSA) is 102 Å². The molecule has 0 aromatic carbocycles. The SMILES string of the molecule is CC(C)N1CCC(CNC(=O)NCC(O)C(=O)O)C1. The van der Waals surface area contributed by atoms with Crippen LogP contribution >= 0.6 is 0 Å². The first-order valence-electron chi connectivity index (χ1n) is 6.56. The van der Waals surface area contributed by atoms with Crippen molar-refractivity contribution in [3.63, 3.8) is 0 Å². The van der Waals surface area contributed by atoms with Crippen molar-refractivity contribution in [3.8, 4) is 0 Å². The monoisotopic (exact) mass is 273 g/mol. The van der Waals surface area contributed by atoms with Gasteiger partial charge in [0.05, 0.1) is 6.54 Å². The fraction of sp³-hybridized carbons (Fsp3) is 0.833. The normalized spacial score (nSPS) is 21.4. The van der Waals surface area contributed by atoms with Gasteiger partial charge in [0, 0.05) is 19.1 Å². The van der Waals surface area contributed by atoms with Crippen molar-refractivity contribution in [2.75, 3.05) is 26.2 Å². The molecule has 19 heavy (non-hydrogen) atoms. The molecular weight excluding hydrogens is 250 g/mol. The minimum atomic E-state index is -1.56. The lowest BCUT2D eigenvalue weighted by Crippen LogP contribution is -2.43. The number of amides is 2. The highest BCUT2D eigenvalue weighted by atomic mass is 16.4. The lowest BCUT2D eigenvalue weighted by molar-refractivity contribution is -0.146. The van der Waals surface area contributed by atoms with E-state index in [0.717, 1.165) is 19.5 Å². The second-order valence-corrected chi connectivity index (χ2v) is 5.19. The summed E-state index contributed by atoms with van der Waals surface area (Å²) in [7, 11) is 0. The number of urea groups is 1. The Balaban J connectivity index is 2.16. The molecule has 0 radical (unpaired) electrons. The average molecular weight is 273 g/mol. The molecule has 7 heteroatoms. The maximum atomic E-state index is 11.4. The van der Waals surface area contributed by atoms with Crippen molar-refractivity contribution < 1.29 is 19.8 Å². The van der Waals surface area contributed by atoms with E-state index >= 15 is 0 Å². The van der Waals surface area contributed by atoms with E-state index in [9.17, 15) is 9.59 Å². The molecule has 110 valence electrons. The maximum Gasteiger partial charge on any atom is 0.334 e.